The van der Waals surface area contributed by atoms with E-state index < -0.39 is 10.0 Å². The van der Waals surface area contributed by atoms with Gasteiger partial charge in [-0.05, 0) is 55.7 Å². The lowest BCUT2D eigenvalue weighted by Gasteiger charge is -2.16. The van der Waals surface area contributed by atoms with Crippen LogP contribution < -0.4 is 5.32 Å². The lowest BCUT2D eigenvalue weighted by molar-refractivity contribution is 0.102. The summed E-state index contributed by atoms with van der Waals surface area (Å²) in [5.41, 5.74) is 2.06. The summed E-state index contributed by atoms with van der Waals surface area (Å²) < 4.78 is 26.7. The molecule has 24 heavy (non-hydrogen) atoms. The highest BCUT2D eigenvalue weighted by Crippen LogP contribution is 2.22. The predicted octanol–water partition coefficient (Wildman–Crippen LogP) is 3.03. The Hall–Kier alpha value is -2.18. The number of benzene rings is 2. The van der Waals surface area contributed by atoms with Crippen LogP contribution in [0.3, 0.4) is 0 Å². The van der Waals surface area contributed by atoms with Crippen molar-refractivity contribution in [3.8, 4) is 0 Å². The van der Waals surface area contributed by atoms with Gasteiger partial charge in [-0.25, -0.2) is 8.42 Å². The summed E-state index contributed by atoms with van der Waals surface area (Å²) in [6.45, 7) is 3.03. The fourth-order valence-electron chi connectivity index (χ4n) is 2.80. The predicted molar refractivity (Wildman–Crippen MR) is 93.6 cm³/mol. The Morgan fingerprint density at radius 3 is 2.46 bits per heavy atom. The Balaban J connectivity index is 1.83. The first-order valence-corrected chi connectivity index (χ1v) is 9.39. The molecule has 6 heteroatoms. The number of amides is 1. The van der Waals surface area contributed by atoms with Crippen molar-refractivity contribution in [1.29, 1.82) is 0 Å². The van der Waals surface area contributed by atoms with Gasteiger partial charge in [0.1, 0.15) is 0 Å². The number of anilines is 1. The highest BCUT2D eigenvalue weighted by molar-refractivity contribution is 7.89. The van der Waals surface area contributed by atoms with Crippen molar-refractivity contribution < 1.29 is 13.2 Å². The van der Waals surface area contributed by atoms with Gasteiger partial charge in [-0.15, -0.1) is 0 Å². The number of nitrogens with one attached hydrogen (secondary N) is 1. The van der Waals surface area contributed by atoms with Gasteiger partial charge in [-0.1, -0.05) is 18.2 Å². The molecule has 0 aromatic heterocycles. The number of hydrogen-bond donors (Lipinski definition) is 1. The molecule has 0 aliphatic carbocycles. The molecule has 1 amide bonds. The summed E-state index contributed by atoms with van der Waals surface area (Å²) >= 11 is 0. The Kier molecular flexibility index (Phi) is 4.69. The van der Waals surface area contributed by atoms with Crippen LogP contribution in [-0.2, 0) is 10.0 Å². The highest BCUT2D eigenvalue weighted by Gasteiger charge is 2.27. The van der Waals surface area contributed by atoms with Crippen LogP contribution in [0.25, 0.3) is 0 Å². The topological polar surface area (TPSA) is 66.5 Å². The molecule has 1 aliphatic heterocycles. The molecule has 2 aromatic rings. The molecule has 126 valence electrons. The van der Waals surface area contributed by atoms with E-state index in [4.69, 9.17) is 0 Å². The number of carbonyl (C=O) groups is 1. The minimum absolute atomic E-state index is 0.168. The number of carbonyl (C=O) groups excluding carboxylic acids is 1. The second-order valence-electron chi connectivity index (χ2n) is 5.96. The molecule has 0 unspecified atom stereocenters. The largest absolute Gasteiger partial charge is 0.322 e. The zero-order valence-electron chi connectivity index (χ0n) is 13.5. The lowest BCUT2D eigenvalue weighted by Crippen LogP contribution is -2.28. The van der Waals surface area contributed by atoms with Gasteiger partial charge in [0.2, 0.25) is 10.0 Å². The summed E-state index contributed by atoms with van der Waals surface area (Å²) in [7, 11) is -3.52. The third-order valence-electron chi connectivity index (χ3n) is 4.07. The van der Waals surface area contributed by atoms with Crippen LogP contribution in [0.4, 0.5) is 5.69 Å². The number of aryl methyl sites for hydroxylation is 1. The molecule has 1 N–H and O–H groups in total. The Labute approximate surface area is 142 Å². The van der Waals surface area contributed by atoms with E-state index in [0.717, 1.165) is 18.4 Å². The van der Waals surface area contributed by atoms with E-state index in [0.29, 0.717) is 24.3 Å². The van der Waals surface area contributed by atoms with Crippen LogP contribution in [0.15, 0.2) is 53.4 Å². The van der Waals surface area contributed by atoms with Crippen LogP contribution >= 0.6 is 0 Å². The number of sulfonamides is 1. The molecule has 0 radical (unpaired) electrons. The van der Waals surface area contributed by atoms with E-state index in [2.05, 4.69) is 5.32 Å². The second-order valence-corrected chi connectivity index (χ2v) is 7.90. The van der Waals surface area contributed by atoms with Gasteiger partial charge in [-0.3, -0.25) is 4.79 Å². The van der Waals surface area contributed by atoms with Gasteiger partial charge in [0.15, 0.2) is 0 Å². The first-order valence-electron chi connectivity index (χ1n) is 7.95. The van der Waals surface area contributed by atoms with Gasteiger partial charge in [-0.2, -0.15) is 4.31 Å². The molecule has 0 spiro atoms. The molecule has 1 aliphatic rings. The van der Waals surface area contributed by atoms with Gasteiger partial charge < -0.3 is 5.32 Å². The number of hydrogen-bond acceptors (Lipinski definition) is 3. The summed E-state index contributed by atoms with van der Waals surface area (Å²) in [5.74, 6) is -0.320. The van der Waals surface area contributed by atoms with Gasteiger partial charge in [0, 0.05) is 24.3 Å². The average molecular weight is 344 g/mol. The third-order valence-corrected chi connectivity index (χ3v) is 5.97. The van der Waals surface area contributed by atoms with E-state index in [1.807, 2.05) is 25.1 Å². The maximum absolute atomic E-state index is 12.6. The van der Waals surface area contributed by atoms with E-state index >= 15 is 0 Å². The SMILES string of the molecule is Cc1cccc(NC(=O)c2cccc(S(=O)(=O)N3CCCC3)c2)c1. The number of rotatable bonds is 4. The zero-order chi connectivity index (χ0) is 17.2. The minimum atomic E-state index is -3.52. The van der Waals surface area contributed by atoms with E-state index in [-0.39, 0.29) is 10.8 Å². The quantitative estimate of drug-likeness (QED) is 0.927. The number of nitrogens with zero attached hydrogens (tertiary/aromatic N) is 1. The second kappa shape index (κ2) is 6.75. The molecule has 0 bridgehead atoms. The lowest BCUT2D eigenvalue weighted by atomic mass is 10.2. The summed E-state index contributed by atoms with van der Waals surface area (Å²) in [4.78, 5) is 12.6. The van der Waals surface area contributed by atoms with E-state index in [1.165, 1.54) is 16.4 Å². The van der Waals surface area contributed by atoms with Crippen molar-refractivity contribution in [2.75, 3.05) is 18.4 Å². The summed E-state index contributed by atoms with van der Waals surface area (Å²) in [6.07, 6.45) is 1.76. The van der Waals surface area contributed by atoms with Crippen LogP contribution in [-0.4, -0.2) is 31.7 Å². The highest BCUT2D eigenvalue weighted by atomic mass is 32.2. The van der Waals surface area contributed by atoms with Gasteiger partial charge in [0.05, 0.1) is 4.90 Å². The summed E-state index contributed by atoms with van der Waals surface area (Å²) in [6, 6.07) is 13.7. The van der Waals surface area contributed by atoms with Crippen molar-refractivity contribution >= 4 is 21.6 Å². The molecule has 1 fully saturated rings. The first-order chi connectivity index (χ1) is 11.5. The molecule has 1 heterocycles. The Morgan fingerprint density at radius 1 is 1.04 bits per heavy atom. The third kappa shape index (κ3) is 3.49. The van der Waals surface area contributed by atoms with Crippen molar-refractivity contribution in [3.05, 3.63) is 59.7 Å². The molecule has 0 atom stereocenters. The van der Waals surface area contributed by atoms with Crippen LogP contribution in [0.5, 0.6) is 0 Å². The minimum Gasteiger partial charge on any atom is -0.322 e. The monoisotopic (exact) mass is 344 g/mol. The standard InChI is InChI=1S/C18H20N2O3S/c1-14-6-4-8-16(12-14)19-18(21)15-7-5-9-17(13-15)24(22,23)20-10-2-3-11-20/h4-9,12-13H,2-3,10-11H2,1H3,(H,19,21). The molecule has 3 rings (SSSR count). The fourth-order valence-corrected chi connectivity index (χ4v) is 4.36. The smallest absolute Gasteiger partial charge is 0.255 e. The van der Waals surface area contributed by atoms with Crippen molar-refractivity contribution in [1.82, 2.24) is 4.31 Å². The van der Waals surface area contributed by atoms with Crippen LogP contribution in [0, 0.1) is 6.92 Å². The molecule has 0 saturated carbocycles. The van der Waals surface area contributed by atoms with Gasteiger partial charge in [0.25, 0.3) is 5.91 Å². The average Bonchev–Trinajstić information content (AvgIpc) is 3.10. The Morgan fingerprint density at radius 2 is 1.75 bits per heavy atom. The maximum atomic E-state index is 12.6. The normalized spacial score (nSPS) is 15.4. The molecular formula is C18H20N2O3S. The van der Waals surface area contributed by atoms with Crippen LogP contribution in [0.1, 0.15) is 28.8 Å². The molecular weight excluding hydrogens is 324 g/mol. The van der Waals surface area contributed by atoms with E-state index in [9.17, 15) is 13.2 Å². The van der Waals surface area contributed by atoms with Gasteiger partial charge >= 0.3 is 0 Å². The molecule has 2 aromatic carbocycles. The zero-order valence-corrected chi connectivity index (χ0v) is 14.3. The fraction of sp³-hybridized carbons (Fsp3) is 0.278. The van der Waals surface area contributed by atoms with Crippen molar-refractivity contribution in [2.45, 2.75) is 24.7 Å². The molecule has 5 nitrogen and oxygen atoms in total. The van der Waals surface area contributed by atoms with Crippen molar-refractivity contribution in [3.63, 3.8) is 0 Å². The Bertz CT molecular complexity index is 856. The summed E-state index contributed by atoms with van der Waals surface area (Å²) in [5, 5.41) is 2.80. The van der Waals surface area contributed by atoms with E-state index in [1.54, 1.807) is 18.2 Å². The van der Waals surface area contributed by atoms with Crippen molar-refractivity contribution in [2.24, 2.45) is 0 Å². The van der Waals surface area contributed by atoms with Crippen LogP contribution in [0.2, 0.25) is 0 Å². The maximum Gasteiger partial charge on any atom is 0.255 e. The molecule has 1 saturated heterocycles. The first kappa shape index (κ1) is 16.7.